The highest BCUT2D eigenvalue weighted by atomic mass is 19.1. The molecule has 12 heteroatoms. The molecule has 1 aliphatic heterocycles. The highest BCUT2D eigenvalue weighted by molar-refractivity contribution is 5.48. The summed E-state index contributed by atoms with van der Waals surface area (Å²) in [5, 5.41) is 9.98. The fourth-order valence-electron chi connectivity index (χ4n) is 3.31. The Morgan fingerprint density at radius 2 is 1.79 bits per heavy atom. The molecular weight excluding hydrogens is 452 g/mol. The third-order valence-corrected chi connectivity index (χ3v) is 5.11. The van der Waals surface area contributed by atoms with Crippen molar-refractivity contribution in [2.75, 3.05) is 26.1 Å². The van der Waals surface area contributed by atoms with Crippen molar-refractivity contribution in [2.45, 2.75) is 38.8 Å². The molecule has 0 saturated carbocycles. The van der Waals surface area contributed by atoms with Crippen molar-refractivity contribution in [3.05, 3.63) is 47.4 Å². The van der Waals surface area contributed by atoms with Gasteiger partial charge >= 0.3 is 0 Å². The molecule has 10 nitrogen and oxygen atoms in total. The number of rotatable bonds is 10. The van der Waals surface area contributed by atoms with E-state index in [9.17, 15) is 8.78 Å². The minimum atomic E-state index is -0.867. The lowest BCUT2D eigenvalue weighted by molar-refractivity contribution is -0.169. The van der Waals surface area contributed by atoms with Crippen LogP contribution in [-0.4, -0.2) is 47.3 Å². The molecule has 4 rings (SSSR count). The summed E-state index contributed by atoms with van der Waals surface area (Å²) >= 11 is 0. The Hall–Kier alpha value is -3.51. The number of halogens is 2. The van der Waals surface area contributed by atoms with E-state index in [4.69, 9.17) is 23.7 Å². The Kier molecular flexibility index (Phi) is 7.70. The Balaban J connectivity index is 1.32. The second-order valence-corrected chi connectivity index (χ2v) is 7.43. The largest absolute Gasteiger partial charge is 0.494 e. The van der Waals surface area contributed by atoms with E-state index in [-0.39, 0.29) is 35.1 Å². The lowest BCUT2D eigenvalue weighted by Crippen LogP contribution is -2.22. The molecule has 0 radical (unpaired) electrons. The summed E-state index contributed by atoms with van der Waals surface area (Å²) < 4.78 is 55.5. The highest BCUT2D eigenvalue weighted by Gasteiger charge is 2.20. The molecule has 0 aliphatic carbocycles. The van der Waals surface area contributed by atoms with Gasteiger partial charge < -0.3 is 29.0 Å². The minimum Gasteiger partial charge on any atom is -0.494 e. The third kappa shape index (κ3) is 5.69. The second kappa shape index (κ2) is 11.1. The SMILES string of the molecule is COc1cc(OC)c(F)c(COc2cnc(Nc3cc(COC4CCCCO4)[nH]n3)nc2)c1F. The summed E-state index contributed by atoms with van der Waals surface area (Å²) in [6.45, 7) is 0.652. The molecule has 1 unspecified atom stereocenters. The molecule has 1 saturated heterocycles. The molecule has 0 spiro atoms. The quantitative estimate of drug-likeness (QED) is 0.449. The number of nitrogens with one attached hydrogen (secondary N) is 2. The van der Waals surface area contributed by atoms with Crippen LogP contribution in [0.1, 0.15) is 30.5 Å². The van der Waals surface area contributed by atoms with Gasteiger partial charge in [-0.3, -0.25) is 5.10 Å². The number of benzene rings is 1. The summed E-state index contributed by atoms with van der Waals surface area (Å²) in [6, 6.07) is 2.91. The van der Waals surface area contributed by atoms with Gasteiger partial charge in [-0.1, -0.05) is 0 Å². The van der Waals surface area contributed by atoms with Crippen LogP contribution in [-0.2, 0) is 22.7 Å². The number of hydrogen-bond acceptors (Lipinski definition) is 9. The standard InChI is InChI=1S/C22H25F2N5O5/c1-30-16-8-17(31-2)21(24)15(20(16)23)12-33-14-9-25-22(26-10-14)27-18-7-13(28-29-18)11-34-19-5-3-4-6-32-19/h7-10,19H,3-6,11-12H2,1-2H3,(H2,25,26,27,28,29). The van der Waals surface area contributed by atoms with E-state index in [2.05, 4.69) is 25.5 Å². The fourth-order valence-corrected chi connectivity index (χ4v) is 3.31. The summed E-state index contributed by atoms with van der Waals surface area (Å²) in [5.41, 5.74) is 0.442. The first-order valence-corrected chi connectivity index (χ1v) is 10.7. The van der Waals surface area contributed by atoms with E-state index >= 15 is 0 Å². The van der Waals surface area contributed by atoms with Gasteiger partial charge in [-0.2, -0.15) is 5.10 Å². The maximum absolute atomic E-state index is 14.5. The molecule has 0 amide bonds. The maximum Gasteiger partial charge on any atom is 0.228 e. The number of hydrogen-bond donors (Lipinski definition) is 2. The van der Waals surface area contributed by atoms with Crippen molar-refractivity contribution in [1.82, 2.24) is 20.2 Å². The number of aromatic amines is 1. The van der Waals surface area contributed by atoms with Crippen LogP contribution in [0.25, 0.3) is 0 Å². The van der Waals surface area contributed by atoms with Crippen molar-refractivity contribution >= 4 is 11.8 Å². The lowest BCUT2D eigenvalue weighted by atomic mass is 10.1. The first-order valence-electron chi connectivity index (χ1n) is 10.7. The van der Waals surface area contributed by atoms with E-state index < -0.39 is 18.2 Å². The van der Waals surface area contributed by atoms with Crippen LogP contribution in [0.2, 0.25) is 0 Å². The fraction of sp³-hybridized carbons (Fsp3) is 0.409. The summed E-state index contributed by atoms with van der Waals surface area (Å²) in [5.74, 6) is -1.05. The first kappa shape index (κ1) is 23.6. The molecule has 3 aromatic rings. The smallest absolute Gasteiger partial charge is 0.228 e. The zero-order chi connectivity index (χ0) is 23.9. The summed E-state index contributed by atoms with van der Waals surface area (Å²) in [6.07, 6.45) is 5.59. The van der Waals surface area contributed by atoms with Gasteiger partial charge in [0, 0.05) is 18.7 Å². The number of methoxy groups -OCH3 is 2. The van der Waals surface area contributed by atoms with E-state index in [0.717, 1.165) is 37.6 Å². The zero-order valence-corrected chi connectivity index (χ0v) is 18.8. The number of anilines is 2. The summed E-state index contributed by atoms with van der Waals surface area (Å²) in [7, 11) is 2.56. The monoisotopic (exact) mass is 477 g/mol. The molecular formula is C22H25F2N5O5. The minimum absolute atomic E-state index is 0.150. The maximum atomic E-state index is 14.5. The van der Waals surface area contributed by atoms with E-state index in [0.29, 0.717) is 12.4 Å². The van der Waals surface area contributed by atoms with Crippen LogP contribution in [0, 0.1) is 11.6 Å². The Morgan fingerprint density at radius 1 is 1.06 bits per heavy atom. The van der Waals surface area contributed by atoms with Crippen LogP contribution >= 0.6 is 0 Å². The molecule has 3 heterocycles. The average Bonchev–Trinajstić information content (AvgIpc) is 3.32. The Labute approximate surface area is 194 Å². The van der Waals surface area contributed by atoms with Crippen LogP contribution in [0.3, 0.4) is 0 Å². The normalized spacial score (nSPS) is 15.7. The molecule has 2 aromatic heterocycles. The van der Waals surface area contributed by atoms with Crippen LogP contribution < -0.4 is 19.5 Å². The van der Waals surface area contributed by atoms with Crippen LogP contribution in [0.4, 0.5) is 20.5 Å². The van der Waals surface area contributed by atoms with Gasteiger partial charge in [0.25, 0.3) is 0 Å². The number of nitrogens with zero attached hydrogens (tertiary/aromatic N) is 3. The second-order valence-electron chi connectivity index (χ2n) is 7.43. The topological polar surface area (TPSA) is 113 Å². The van der Waals surface area contributed by atoms with Crippen molar-refractivity contribution in [3.8, 4) is 17.2 Å². The van der Waals surface area contributed by atoms with Crippen molar-refractivity contribution in [3.63, 3.8) is 0 Å². The van der Waals surface area contributed by atoms with E-state index in [1.54, 1.807) is 6.07 Å². The van der Waals surface area contributed by atoms with Crippen molar-refractivity contribution in [2.24, 2.45) is 0 Å². The zero-order valence-electron chi connectivity index (χ0n) is 18.8. The van der Waals surface area contributed by atoms with Gasteiger partial charge in [0.15, 0.2) is 41.0 Å². The lowest BCUT2D eigenvalue weighted by Gasteiger charge is -2.22. The van der Waals surface area contributed by atoms with E-state index in [1.165, 1.54) is 26.6 Å². The molecule has 1 atom stereocenters. The average molecular weight is 477 g/mol. The van der Waals surface area contributed by atoms with Crippen molar-refractivity contribution < 1.29 is 32.5 Å². The third-order valence-electron chi connectivity index (χ3n) is 5.11. The van der Waals surface area contributed by atoms with Crippen LogP contribution in [0.15, 0.2) is 24.5 Å². The Bertz CT molecular complexity index is 1060. The number of H-pyrrole nitrogens is 1. The first-order chi connectivity index (χ1) is 16.6. The van der Waals surface area contributed by atoms with Gasteiger partial charge in [0.1, 0.15) is 6.61 Å². The van der Waals surface area contributed by atoms with Crippen LogP contribution in [0.5, 0.6) is 17.2 Å². The van der Waals surface area contributed by atoms with Gasteiger partial charge in [-0.25, -0.2) is 18.7 Å². The molecule has 1 aromatic carbocycles. The Morgan fingerprint density at radius 3 is 2.44 bits per heavy atom. The molecule has 1 aliphatic rings. The van der Waals surface area contributed by atoms with E-state index in [1.807, 2.05) is 0 Å². The summed E-state index contributed by atoms with van der Waals surface area (Å²) in [4.78, 5) is 8.28. The molecule has 2 N–H and O–H groups in total. The molecule has 1 fully saturated rings. The molecule has 182 valence electrons. The number of ether oxygens (including phenoxy) is 5. The van der Waals surface area contributed by atoms with Gasteiger partial charge in [-0.15, -0.1) is 0 Å². The molecule has 0 bridgehead atoms. The highest BCUT2D eigenvalue weighted by Crippen LogP contribution is 2.32. The predicted molar refractivity (Wildman–Crippen MR) is 116 cm³/mol. The predicted octanol–water partition coefficient (Wildman–Crippen LogP) is 3.86. The number of aromatic nitrogens is 4. The van der Waals surface area contributed by atoms with Gasteiger partial charge in [0.05, 0.1) is 44.5 Å². The van der Waals surface area contributed by atoms with Gasteiger partial charge in [0.2, 0.25) is 5.95 Å². The molecule has 34 heavy (non-hydrogen) atoms. The van der Waals surface area contributed by atoms with Gasteiger partial charge in [-0.05, 0) is 19.3 Å². The van der Waals surface area contributed by atoms with Crippen molar-refractivity contribution in [1.29, 1.82) is 0 Å².